The summed E-state index contributed by atoms with van der Waals surface area (Å²) in [6, 6.07) is 27.0. The van der Waals surface area contributed by atoms with Crippen molar-refractivity contribution in [1.29, 1.82) is 5.26 Å². The van der Waals surface area contributed by atoms with Crippen molar-refractivity contribution in [3.05, 3.63) is 136 Å². The molecule has 0 radical (unpaired) electrons. The Balaban J connectivity index is 1.26. The number of carbonyl (C=O) groups is 1. The van der Waals surface area contributed by atoms with Crippen LogP contribution in [-0.4, -0.2) is 63.5 Å². The van der Waals surface area contributed by atoms with Gasteiger partial charge in [0.2, 0.25) is 0 Å². The smallest absolute Gasteiger partial charge is 0.410 e. The molecule has 1 aliphatic rings. The molecule has 0 spiro atoms. The van der Waals surface area contributed by atoms with E-state index in [0.29, 0.717) is 67.0 Å². The van der Waals surface area contributed by atoms with Gasteiger partial charge in [-0.2, -0.15) is 10.4 Å². The van der Waals surface area contributed by atoms with Crippen LogP contribution in [0.4, 0.5) is 19.4 Å². The third-order valence-corrected chi connectivity index (χ3v) is 10.4. The van der Waals surface area contributed by atoms with Gasteiger partial charge >= 0.3 is 6.09 Å². The Morgan fingerprint density at radius 1 is 0.881 bits per heavy atom. The molecule has 0 saturated carbocycles. The van der Waals surface area contributed by atoms with Gasteiger partial charge in [0.1, 0.15) is 34.8 Å². The summed E-state index contributed by atoms with van der Waals surface area (Å²) in [6.45, 7) is 7.47. The summed E-state index contributed by atoms with van der Waals surface area (Å²) in [5.74, 6) is 1.39. The maximum Gasteiger partial charge on any atom is 0.410 e. The van der Waals surface area contributed by atoms with Crippen LogP contribution in [0.2, 0.25) is 0 Å². The molecule has 6 aromatic rings. The number of rotatable bonds is 12. The molecule has 3 heterocycles. The van der Waals surface area contributed by atoms with E-state index >= 15 is 8.78 Å². The molecule has 304 valence electrons. The minimum Gasteiger partial charge on any atom is -0.497 e. The number of ether oxygens (including phenoxy) is 3. The molecule has 59 heavy (non-hydrogen) atoms. The highest BCUT2D eigenvalue weighted by atomic mass is 19.1. The second-order valence-electron chi connectivity index (χ2n) is 15.7. The summed E-state index contributed by atoms with van der Waals surface area (Å²) in [6.07, 6.45) is 3.54. The fraction of sp³-hybridized carbons (Fsp3) is 0.326. The number of hydrogen-bond acceptors (Lipinski definition) is 9. The minimum atomic E-state index is -0.696. The minimum absolute atomic E-state index is 0.102. The summed E-state index contributed by atoms with van der Waals surface area (Å²) < 4.78 is 49.6. The lowest BCUT2D eigenvalue weighted by Crippen LogP contribution is -2.42. The maximum atomic E-state index is 15.8. The van der Waals surface area contributed by atoms with Crippen molar-refractivity contribution in [1.82, 2.24) is 24.5 Å². The average molecular weight is 800 g/mol. The number of fused-ring (bicyclic) bond motifs is 1. The number of hydrogen-bond donors (Lipinski definition) is 0. The zero-order chi connectivity index (χ0) is 41.7. The van der Waals surface area contributed by atoms with Crippen molar-refractivity contribution >= 4 is 17.6 Å². The van der Waals surface area contributed by atoms with Crippen LogP contribution in [0.15, 0.2) is 91.1 Å². The third-order valence-electron chi connectivity index (χ3n) is 10.4. The van der Waals surface area contributed by atoms with E-state index in [9.17, 15) is 10.1 Å². The molecule has 1 saturated heterocycles. The average Bonchev–Trinajstić information content (AvgIpc) is 3.64. The monoisotopic (exact) mass is 799 g/mol. The molecule has 4 aromatic carbocycles. The van der Waals surface area contributed by atoms with Crippen molar-refractivity contribution < 1.29 is 27.8 Å². The molecule has 1 fully saturated rings. The summed E-state index contributed by atoms with van der Waals surface area (Å²) >= 11 is 0. The van der Waals surface area contributed by atoms with Crippen LogP contribution in [0.3, 0.4) is 0 Å². The lowest BCUT2D eigenvalue weighted by atomic mass is 9.87. The Labute approximate surface area is 342 Å². The highest BCUT2D eigenvalue weighted by Gasteiger charge is 2.28. The first kappa shape index (κ1) is 40.6. The first-order valence-corrected chi connectivity index (χ1v) is 19.6. The highest BCUT2D eigenvalue weighted by Crippen LogP contribution is 2.32. The van der Waals surface area contributed by atoms with Crippen molar-refractivity contribution in [2.75, 3.05) is 32.2 Å². The van der Waals surface area contributed by atoms with Crippen molar-refractivity contribution in [3.63, 3.8) is 0 Å². The van der Waals surface area contributed by atoms with Gasteiger partial charge < -0.3 is 24.0 Å². The Bertz CT molecular complexity index is 2420. The maximum absolute atomic E-state index is 15.8. The summed E-state index contributed by atoms with van der Waals surface area (Å²) in [7, 11) is 3.23. The number of benzene rings is 4. The van der Waals surface area contributed by atoms with E-state index in [2.05, 4.69) is 0 Å². The van der Waals surface area contributed by atoms with E-state index in [1.54, 1.807) is 48.0 Å². The number of carbonyl (C=O) groups excluding carboxylic acids is 1. The van der Waals surface area contributed by atoms with Crippen LogP contribution in [0, 0.1) is 28.9 Å². The van der Waals surface area contributed by atoms with Crippen LogP contribution in [0.25, 0.3) is 16.9 Å². The normalized spacial score (nSPS) is 13.3. The second kappa shape index (κ2) is 17.5. The van der Waals surface area contributed by atoms with E-state index < -0.39 is 11.4 Å². The first-order valence-electron chi connectivity index (χ1n) is 19.6. The predicted molar refractivity (Wildman–Crippen MR) is 220 cm³/mol. The summed E-state index contributed by atoms with van der Waals surface area (Å²) in [5.41, 5.74) is 3.35. The van der Waals surface area contributed by atoms with Gasteiger partial charge in [0.15, 0.2) is 17.3 Å². The molecular weight excluding hydrogens is 753 g/mol. The zero-order valence-electron chi connectivity index (χ0n) is 33.9. The Morgan fingerprint density at radius 3 is 2.10 bits per heavy atom. The molecule has 13 heteroatoms. The van der Waals surface area contributed by atoms with E-state index in [-0.39, 0.29) is 41.1 Å². The van der Waals surface area contributed by atoms with Crippen LogP contribution in [0.1, 0.15) is 67.3 Å². The summed E-state index contributed by atoms with van der Waals surface area (Å²) in [4.78, 5) is 26.5. The number of halogens is 2. The quantitative estimate of drug-likeness (QED) is 0.120. The standard InChI is InChI=1S/C46H47F2N7O4/c1-46(2,3)59-45(56)53-22-20-30(21-23-53)24-33-8-7-11-39(47)38(33)25-41-51-44-43(50-40(29-55(44)52-41)37-10-6-9-34(26-49)42(37)48)54(27-31-12-16-35(57-4)17-13-31)28-32-14-18-36(58-5)19-15-32/h6-19,29-30H,20-25,27-28H2,1-5H3. The van der Waals surface area contributed by atoms with E-state index in [0.717, 1.165) is 29.5 Å². The Hall–Kier alpha value is -6.55. The third kappa shape index (κ3) is 9.60. The number of piperidine rings is 1. The number of aromatic nitrogens is 4. The Kier molecular flexibility index (Phi) is 12.1. The van der Waals surface area contributed by atoms with Gasteiger partial charge in [0.05, 0.1) is 31.7 Å². The molecule has 1 amide bonds. The molecule has 0 aliphatic carbocycles. The van der Waals surface area contributed by atoms with Gasteiger partial charge in [-0.1, -0.05) is 42.5 Å². The molecule has 1 aliphatic heterocycles. The lowest BCUT2D eigenvalue weighted by Gasteiger charge is -2.33. The fourth-order valence-corrected chi connectivity index (χ4v) is 7.37. The van der Waals surface area contributed by atoms with Crippen molar-refractivity contribution in [2.24, 2.45) is 5.92 Å². The molecule has 11 nitrogen and oxygen atoms in total. The van der Waals surface area contributed by atoms with Gasteiger partial charge in [0, 0.05) is 38.2 Å². The molecule has 0 atom stereocenters. The van der Waals surface area contributed by atoms with Crippen LogP contribution < -0.4 is 14.4 Å². The number of amides is 1. The molecule has 0 bridgehead atoms. The molecule has 7 rings (SSSR count). The van der Waals surface area contributed by atoms with Crippen LogP contribution >= 0.6 is 0 Å². The van der Waals surface area contributed by atoms with Crippen molar-refractivity contribution in [2.45, 2.75) is 65.1 Å². The van der Waals surface area contributed by atoms with Crippen molar-refractivity contribution in [3.8, 4) is 28.8 Å². The zero-order valence-corrected chi connectivity index (χ0v) is 33.9. The predicted octanol–water partition coefficient (Wildman–Crippen LogP) is 8.95. The topological polar surface area (TPSA) is 118 Å². The molecular formula is C46H47F2N7O4. The van der Waals surface area contributed by atoms with Crippen LogP contribution in [0.5, 0.6) is 11.5 Å². The lowest BCUT2D eigenvalue weighted by molar-refractivity contribution is 0.0184. The number of nitriles is 1. The Morgan fingerprint density at radius 2 is 1.51 bits per heavy atom. The SMILES string of the molecule is COc1ccc(CN(Cc2ccc(OC)cc2)c2nc(-c3cccc(C#N)c3F)cn3nc(Cc4c(F)cccc4CC4CCN(C(=O)OC(C)(C)C)CC4)nc23)cc1. The fourth-order valence-electron chi connectivity index (χ4n) is 7.37. The van der Waals surface area contributed by atoms with Gasteiger partial charge in [-0.15, -0.1) is 0 Å². The van der Waals surface area contributed by atoms with E-state index in [1.807, 2.05) is 86.3 Å². The van der Waals surface area contributed by atoms with Gasteiger partial charge in [-0.05, 0) is 111 Å². The largest absolute Gasteiger partial charge is 0.497 e. The number of methoxy groups -OCH3 is 2. The van der Waals surface area contributed by atoms with E-state index in [4.69, 9.17) is 29.3 Å². The number of likely N-dealkylation sites (tertiary alicyclic amines) is 1. The highest BCUT2D eigenvalue weighted by molar-refractivity contribution is 5.71. The van der Waals surface area contributed by atoms with E-state index in [1.165, 1.54) is 12.1 Å². The second-order valence-corrected chi connectivity index (χ2v) is 15.7. The van der Waals surface area contributed by atoms with Gasteiger partial charge in [0.25, 0.3) is 0 Å². The van der Waals surface area contributed by atoms with Gasteiger partial charge in [-0.25, -0.2) is 28.1 Å². The first-order chi connectivity index (χ1) is 28.4. The molecule has 2 aromatic heterocycles. The molecule has 0 unspecified atom stereocenters. The van der Waals surface area contributed by atoms with Crippen LogP contribution in [-0.2, 0) is 30.7 Å². The van der Waals surface area contributed by atoms with Gasteiger partial charge in [-0.3, -0.25) is 0 Å². The number of anilines is 1. The number of nitrogens with zero attached hydrogens (tertiary/aromatic N) is 7. The summed E-state index contributed by atoms with van der Waals surface area (Å²) in [5, 5.41) is 14.5. The molecule has 0 N–H and O–H groups in total.